The first-order valence-corrected chi connectivity index (χ1v) is 8.84. The number of halogens is 1. The van der Waals surface area contributed by atoms with E-state index in [0.29, 0.717) is 6.54 Å². The molecule has 2 aromatic carbocycles. The average molecular weight is 472 g/mol. The monoisotopic (exact) mass is 472 g/mol. The van der Waals surface area contributed by atoms with Crippen LogP contribution in [0.1, 0.15) is 11.1 Å². The summed E-state index contributed by atoms with van der Waals surface area (Å²) >= 11 is 0. The summed E-state index contributed by atoms with van der Waals surface area (Å²) in [5.41, 5.74) is 4.62. The van der Waals surface area contributed by atoms with E-state index in [1.165, 1.54) is 11.1 Å². The summed E-state index contributed by atoms with van der Waals surface area (Å²) in [5, 5.41) is 6.73. The van der Waals surface area contributed by atoms with Gasteiger partial charge < -0.3 is 10.6 Å². The molecule has 3 aromatic rings. The molecule has 3 rings (SSSR count). The van der Waals surface area contributed by atoms with Gasteiger partial charge in [-0.25, -0.2) is 0 Å². The van der Waals surface area contributed by atoms with Crippen molar-refractivity contribution in [3.63, 3.8) is 0 Å². The third kappa shape index (κ3) is 6.67. The molecular weight excluding hydrogens is 447 g/mol. The maximum atomic E-state index is 4.41. The van der Waals surface area contributed by atoms with Crippen LogP contribution >= 0.6 is 24.0 Å². The SMILES string of the molecule is CN=C(NCCc1ccccc1)NCc1cccc(-c2ccccn2)c1.I. The van der Waals surface area contributed by atoms with Gasteiger partial charge in [0.15, 0.2) is 5.96 Å². The average Bonchev–Trinajstić information content (AvgIpc) is 2.72. The van der Waals surface area contributed by atoms with Crippen LogP contribution in [0.5, 0.6) is 0 Å². The van der Waals surface area contributed by atoms with Gasteiger partial charge in [0.05, 0.1) is 5.69 Å². The molecule has 0 bridgehead atoms. The van der Waals surface area contributed by atoms with Gasteiger partial charge in [0.25, 0.3) is 0 Å². The first-order valence-electron chi connectivity index (χ1n) is 8.84. The van der Waals surface area contributed by atoms with Crippen LogP contribution in [0.25, 0.3) is 11.3 Å². The summed E-state index contributed by atoms with van der Waals surface area (Å²) < 4.78 is 0. The number of nitrogens with zero attached hydrogens (tertiary/aromatic N) is 2. The van der Waals surface area contributed by atoms with Gasteiger partial charge in [0, 0.05) is 31.9 Å². The lowest BCUT2D eigenvalue weighted by Gasteiger charge is -2.12. The van der Waals surface area contributed by atoms with Crippen molar-refractivity contribution in [2.24, 2.45) is 4.99 Å². The Balaban J connectivity index is 0.00000261. The molecule has 0 unspecified atom stereocenters. The van der Waals surface area contributed by atoms with Crippen LogP contribution in [0.3, 0.4) is 0 Å². The fourth-order valence-electron chi connectivity index (χ4n) is 2.75. The Morgan fingerprint density at radius 2 is 1.67 bits per heavy atom. The van der Waals surface area contributed by atoms with E-state index >= 15 is 0 Å². The minimum atomic E-state index is 0. The summed E-state index contributed by atoms with van der Waals surface area (Å²) in [6.07, 6.45) is 2.79. The molecule has 0 amide bonds. The van der Waals surface area contributed by atoms with Crippen molar-refractivity contribution in [2.45, 2.75) is 13.0 Å². The van der Waals surface area contributed by atoms with Gasteiger partial charge in [-0.2, -0.15) is 0 Å². The first-order chi connectivity index (χ1) is 12.8. The third-order valence-electron chi connectivity index (χ3n) is 4.12. The molecule has 0 aliphatic heterocycles. The van der Waals surface area contributed by atoms with Crippen LogP contribution in [0.2, 0.25) is 0 Å². The highest BCUT2D eigenvalue weighted by atomic mass is 127. The van der Waals surface area contributed by atoms with Crippen molar-refractivity contribution in [3.05, 3.63) is 90.1 Å². The van der Waals surface area contributed by atoms with Gasteiger partial charge in [-0.15, -0.1) is 24.0 Å². The first kappa shape index (κ1) is 20.9. The number of hydrogen-bond acceptors (Lipinski definition) is 2. The third-order valence-corrected chi connectivity index (χ3v) is 4.12. The highest BCUT2D eigenvalue weighted by Gasteiger charge is 2.02. The normalized spacial score (nSPS) is 10.8. The Morgan fingerprint density at radius 1 is 0.889 bits per heavy atom. The molecule has 0 aliphatic carbocycles. The molecule has 0 aliphatic rings. The number of benzene rings is 2. The minimum absolute atomic E-state index is 0. The smallest absolute Gasteiger partial charge is 0.191 e. The Hall–Kier alpha value is -2.41. The van der Waals surface area contributed by atoms with E-state index in [1.54, 1.807) is 7.05 Å². The molecule has 0 spiro atoms. The molecule has 1 aromatic heterocycles. The van der Waals surface area contributed by atoms with E-state index in [2.05, 4.69) is 69.1 Å². The van der Waals surface area contributed by atoms with Crippen molar-refractivity contribution in [3.8, 4) is 11.3 Å². The summed E-state index contributed by atoms with van der Waals surface area (Å²) in [5.74, 6) is 0.809. The van der Waals surface area contributed by atoms with E-state index < -0.39 is 0 Å². The Kier molecular flexibility index (Phi) is 8.77. The van der Waals surface area contributed by atoms with Crippen molar-refractivity contribution in [1.29, 1.82) is 0 Å². The lowest BCUT2D eigenvalue weighted by molar-refractivity contribution is 0.795. The largest absolute Gasteiger partial charge is 0.356 e. The van der Waals surface area contributed by atoms with Gasteiger partial charge in [-0.05, 0) is 35.7 Å². The number of nitrogens with one attached hydrogen (secondary N) is 2. The summed E-state index contributed by atoms with van der Waals surface area (Å²) in [6, 6.07) is 24.8. The Labute approximate surface area is 178 Å². The van der Waals surface area contributed by atoms with E-state index in [1.807, 2.05) is 30.5 Å². The van der Waals surface area contributed by atoms with Crippen LogP contribution in [-0.4, -0.2) is 24.5 Å². The van der Waals surface area contributed by atoms with Crippen LogP contribution < -0.4 is 10.6 Å². The molecule has 0 saturated carbocycles. The standard InChI is InChI=1S/C22H24N4.HI/c1-23-22(25-15-13-18-8-3-2-4-9-18)26-17-19-10-7-11-20(16-19)21-12-5-6-14-24-21;/h2-12,14,16H,13,15,17H2,1H3,(H2,23,25,26);1H. The lowest BCUT2D eigenvalue weighted by atomic mass is 10.1. The maximum Gasteiger partial charge on any atom is 0.191 e. The quantitative estimate of drug-likeness (QED) is 0.320. The second-order valence-corrected chi connectivity index (χ2v) is 6.00. The maximum absolute atomic E-state index is 4.41. The van der Waals surface area contributed by atoms with E-state index in [9.17, 15) is 0 Å². The fourth-order valence-corrected chi connectivity index (χ4v) is 2.75. The van der Waals surface area contributed by atoms with Crippen LogP contribution in [0.4, 0.5) is 0 Å². The number of hydrogen-bond donors (Lipinski definition) is 2. The van der Waals surface area contributed by atoms with Crippen molar-refractivity contribution >= 4 is 29.9 Å². The Morgan fingerprint density at radius 3 is 2.41 bits per heavy atom. The van der Waals surface area contributed by atoms with E-state index in [0.717, 1.165) is 30.2 Å². The summed E-state index contributed by atoms with van der Waals surface area (Å²) in [7, 11) is 1.79. The Bertz CT molecular complexity index is 835. The van der Waals surface area contributed by atoms with Gasteiger partial charge in [-0.3, -0.25) is 9.98 Å². The number of aliphatic imine (C=N–C) groups is 1. The van der Waals surface area contributed by atoms with Crippen LogP contribution in [0, 0.1) is 0 Å². The van der Waals surface area contributed by atoms with Gasteiger partial charge in [-0.1, -0.05) is 54.6 Å². The molecule has 0 saturated heterocycles. The molecular formula is C22H25IN4. The summed E-state index contributed by atoms with van der Waals surface area (Å²) in [4.78, 5) is 8.71. The van der Waals surface area contributed by atoms with Gasteiger partial charge in [0.2, 0.25) is 0 Å². The fraction of sp³-hybridized carbons (Fsp3) is 0.182. The van der Waals surface area contributed by atoms with Crippen molar-refractivity contribution < 1.29 is 0 Å². The zero-order valence-corrected chi connectivity index (χ0v) is 17.8. The van der Waals surface area contributed by atoms with Crippen LogP contribution in [-0.2, 0) is 13.0 Å². The zero-order chi connectivity index (χ0) is 18.0. The lowest BCUT2D eigenvalue weighted by Crippen LogP contribution is -2.37. The number of rotatable bonds is 6. The molecule has 0 atom stereocenters. The molecule has 0 fully saturated rings. The van der Waals surface area contributed by atoms with E-state index in [-0.39, 0.29) is 24.0 Å². The molecule has 4 nitrogen and oxygen atoms in total. The highest BCUT2D eigenvalue weighted by molar-refractivity contribution is 14.0. The highest BCUT2D eigenvalue weighted by Crippen LogP contribution is 2.17. The van der Waals surface area contributed by atoms with Crippen molar-refractivity contribution in [2.75, 3.05) is 13.6 Å². The second kappa shape index (κ2) is 11.3. The predicted octanol–water partition coefficient (Wildman–Crippen LogP) is 4.27. The van der Waals surface area contributed by atoms with Gasteiger partial charge in [0.1, 0.15) is 0 Å². The minimum Gasteiger partial charge on any atom is -0.356 e. The second-order valence-electron chi connectivity index (χ2n) is 6.00. The number of guanidine groups is 1. The van der Waals surface area contributed by atoms with E-state index in [4.69, 9.17) is 0 Å². The van der Waals surface area contributed by atoms with Gasteiger partial charge >= 0.3 is 0 Å². The topological polar surface area (TPSA) is 49.3 Å². The molecule has 1 heterocycles. The number of aromatic nitrogens is 1. The predicted molar refractivity (Wildman–Crippen MR) is 123 cm³/mol. The van der Waals surface area contributed by atoms with Crippen LogP contribution in [0.15, 0.2) is 84.0 Å². The number of pyridine rings is 1. The molecule has 140 valence electrons. The zero-order valence-electron chi connectivity index (χ0n) is 15.4. The molecule has 27 heavy (non-hydrogen) atoms. The molecule has 0 radical (unpaired) electrons. The molecule has 2 N–H and O–H groups in total. The summed E-state index contributed by atoms with van der Waals surface area (Å²) in [6.45, 7) is 1.56. The molecule has 5 heteroatoms. The van der Waals surface area contributed by atoms with Crippen molar-refractivity contribution in [1.82, 2.24) is 15.6 Å².